The Bertz CT molecular complexity index is 1250. The van der Waals surface area contributed by atoms with Crippen molar-refractivity contribution < 1.29 is 65.4 Å². The predicted octanol–water partition coefficient (Wildman–Crippen LogP) is 13.2. The summed E-state index contributed by atoms with van der Waals surface area (Å²) in [7, 11) is 0. The van der Waals surface area contributed by atoms with E-state index in [1.807, 2.05) is 0 Å². The summed E-state index contributed by atoms with van der Waals surface area (Å²) >= 11 is 0. The zero-order valence-electron chi connectivity index (χ0n) is 31.7. The van der Waals surface area contributed by atoms with E-state index < -0.39 is 0 Å². The van der Waals surface area contributed by atoms with Crippen molar-refractivity contribution in [2.45, 2.75) is 96.9 Å². The molecule has 0 fully saturated rings. The molecule has 2 aliphatic rings. The fourth-order valence-corrected chi connectivity index (χ4v) is 6.10. The van der Waals surface area contributed by atoms with E-state index in [1.165, 1.54) is 44.6 Å². The van der Waals surface area contributed by atoms with Gasteiger partial charge in [-0.3, -0.25) is 0 Å². The summed E-state index contributed by atoms with van der Waals surface area (Å²) in [5.74, 6) is 2.23. The summed E-state index contributed by atoms with van der Waals surface area (Å²) in [5.41, 5.74) is 11.2. The van der Waals surface area contributed by atoms with Gasteiger partial charge in [0.25, 0.3) is 0 Å². The van der Waals surface area contributed by atoms with Gasteiger partial charge in [0.2, 0.25) is 0 Å². The number of rotatable bonds is 10. The zero-order valence-corrected chi connectivity index (χ0v) is 37.4. The smallest absolute Gasteiger partial charge is 0 e. The summed E-state index contributed by atoms with van der Waals surface area (Å²) in [5, 5.41) is 0. The molecule has 0 aromatic carbocycles. The van der Waals surface area contributed by atoms with Gasteiger partial charge < -0.3 is 12.8 Å². The van der Waals surface area contributed by atoms with E-state index in [-0.39, 0.29) is 76.2 Å². The van der Waals surface area contributed by atoms with Crippen molar-refractivity contribution in [2.24, 2.45) is 34.5 Å². The first-order valence-electron chi connectivity index (χ1n) is 16.7. The third kappa shape index (κ3) is 13.3. The quantitative estimate of drug-likeness (QED) is 0.153. The molecule has 4 atom stereocenters. The Morgan fingerprint density at radius 1 is 0.500 bits per heavy atom. The van der Waals surface area contributed by atoms with Gasteiger partial charge >= 0.3 is 0 Å². The molecule has 0 heterocycles. The molecule has 2 rings (SSSR count). The maximum Gasteiger partial charge on any atom is 0 e. The van der Waals surface area contributed by atoms with Gasteiger partial charge in [-0.15, -0.1) is 11.8 Å². The molecule has 0 amide bonds. The minimum Gasteiger partial charge on any atom is -0.318 e. The van der Waals surface area contributed by atoms with Gasteiger partial charge in [0, 0.05) is 65.4 Å². The summed E-state index contributed by atoms with van der Waals surface area (Å²) in [6.45, 7) is 32.0. The van der Waals surface area contributed by atoms with Crippen LogP contribution in [0.5, 0.6) is 0 Å². The second-order valence-corrected chi connectivity index (χ2v) is 14.6. The van der Waals surface area contributed by atoms with Crippen LogP contribution in [0.1, 0.15) is 96.9 Å². The zero-order chi connectivity index (χ0) is 33.2. The minimum absolute atomic E-state index is 0. The minimum atomic E-state index is 0. The summed E-state index contributed by atoms with van der Waals surface area (Å²) in [6.07, 6.45) is 35.7. The van der Waals surface area contributed by atoms with E-state index in [0.29, 0.717) is 23.7 Å². The molecule has 4 unspecified atom stereocenters. The van der Waals surface area contributed by atoms with E-state index in [9.17, 15) is 0 Å². The normalized spacial score (nSPS) is 26.7. The third-order valence-corrected chi connectivity index (χ3v) is 10.3. The Kier molecular flexibility index (Phi) is 20.5. The van der Waals surface area contributed by atoms with Crippen LogP contribution in [0.4, 0.5) is 0 Å². The van der Waals surface area contributed by atoms with E-state index in [4.69, 9.17) is 0 Å². The van der Waals surface area contributed by atoms with E-state index in [2.05, 4.69) is 195 Å². The van der Waals surface area contributed by atoms with Gasteiger partial charge in [0.1, 0.15) is 0 Å². The van der Waals surface area contributed by atoms with Gasteiger partial charge in [-0.2, -0.15) is 11.8 Å². The van der Waals surface area contributed by atoms with Crippen LogP contribution in [-0.4, -0.2) is 0 Å². The average Bonchev–Trinajstić information content (AvgIpc) is 2.93. The second-order valence-electron chi connectivity index (χ2n) is 14.6. The summed E-state index contributed by atoms with van der Waals surface area (Å²) in [6, 6.07) is 0. The van der Waals surface area contributed by atoms with Crippen LogP contribution in [0.15, 0.2) is 130 Å². The standard InChI is InChI=1S/C44H62.2Y/c1-31(21-17-23-33(3)25-27-41-39(9)35(5)29-37(7)43(41,11)12)19-15-16-20-32(2)22-18-24-34(4)26-28-42-40(10)36(6)30-38(8)44(42,13)14;;/h15-30,35-38H,1-14H3;;/q-2;;/b16-15+,21-17+,22-18+,27-25+,28-26+,31-19+,32-20+,33-23+,34-24+;;. The van der Waals surface area contributed by atoms with Gasteiger partial charge in [-0.25, -0.2) is 0 Å². The molecule has 2 radical (unpaired) electrons. The number of hydrogen-bond donors (Lipinski definition) is 0. The van der Waals surface area contributed by atoms with Crippen molar-refractivity contribution in [3.8, 4) is 0 Å². The molecular weight excluding hydrogens is 706 g/mol. The topological polar surface area (TPSA) is 0 Å². The van der Waals surface area contributed by atoms with Gasteiger partial charge in [-0.1, -0.05) is 174 Å². The molecule has 246 valence electrons. The van der Waals surface area contributed by atoms with E-state index in [1.54, 1.807) is 0 Å². The van der Waals surface area contributed by atoms with Crippen LogP contribution < -0.4 is 0 Å². The molecule has 0 aromatic rings. The molecule has 2 aliphatic carbocycles. The predicted molar refractivity (Wildman–Crippen MR) is 199 cm³/mol. The molecule has 2 heteroatoms. The molecule has 0 aromatic heterocycles. The first-order valence-corrected chi connectivity index (χ1v) is 16.7. The van der Waals surface area contributed by atoms with Crippen LogP contribution in [0.2, 0.25) is 0 Å². The fourth-order valence-electron chi connectivity index (χ4n) is 6.10. The Morgan fingerprint density at radius 2 is 0.783 bits per heavy atom. The summed E-state index contributed by atoms with van der Waals surface area (Å²) < 4.78 is 0. The SMILES string of the molecule is CC1=C(/C=C/C(C)=C/C=C/C(C)=C/C=C/C=C(C)/C=C/C=C(C)/C=C/C2=C(C)C(C)[CH-]C(C)C2(C)C)C(C)(C)C(C)[CH-]C1C.[Y].[Y]. The molecule has 0 spiro atoms. The average molecular weight is 769 g/mol. The first kappa shape index (κ1) is 45.3. The molecule has 0 nitrogen and oxygen atoms in total. The maximum absolute atomic E-state index is 2.49. The Morgan fingerprint density at radius 3 is 1.11 bits per heavy atom. The molecule has 0 bridgehead atoms. The van der Waals surface area contributed by atoms with Crippen molar-refractivity contribution in [1.29, 1.82) is 0 Å². The molecule has 0 N–H and O–H groups in total. The van der Waals surface area contributed by atoms with Crippen LogP contribution in [0.25, 0.3) is 0 Å². The Hall–Kier alpha value is -0.652. The van der Waals surface area contributed by atoms with Crippen molar-refractivity contribution in [1.82, 2.24) is 0 Å². The van der Waals surface area contributed by atoms with Crippen molar-refractivity contribution >= 4 is 0 Å². The largest absolute Gasteiger partial charge is 0.318 e. The first-order chi connectivity index (χ1) is 20.5. The summed E-state index contributed by atoms with van der Waals surface area (Å²) in [4.78, 5) is 0. The molecule has 46 heavy (non-hydrogen) atoms. The van der Waals surface area contributed by atoms with Crippen molar-refractivity contribution in [3.05, 3.63) is 142 Å². The Balaban J connectivity index is 0.0000101. The van der Waals surface area contributed by atoms with Gasteiger partial charge in [0.15, 0.2) is 0 Å². The Labute approximate surface area is 336 Å². The molecular formula is C44H62Y2-2. The second kappa shape index (κ2) is 20.8. The molecule has 0 aliphatic heterocycles. The van der Waals surface area contributed by atoms with E-state index in [0.717, 1.165) is 0 Å². The third-order valence-electron chi connectivity index (χ3n) is 10.3. The van der Waals surface area contributed by atoms with Gasteiger partial charge in [-0.05, 0) is 63.5 Å². The van der Waals surface area contributed by atoms with Crippen LogP contribution in [-0.2, 0) is 65.4 Å². The number of allylic oxidation sites excluding steroid dienone is 22. The fraction of sp³-hybridized carbons (Fsp3) is 0.455. The van der Waals surface area contributed by atoms with Crippen molar-refractivity contribution in [3.63, 3.8) is 0 Å². The van der Waals surface area contributed by atoms with Crippen molar-refractivity contribution in [2.75, 3.05) is 0 Å². The maximum atomic E-state index is 2.49. The van der Waals surface area contributed by atoms with Gasteiger partial charge in [0.05, 0.1) is 0 Å². The van der Waals surface area contributed by atoms with E-state index >= 15 is 0 Å². The van der Waals surface area contributed by atoms with Crippen LogP contribution >= 0.6 is 0 Å². The van der Waals surface area contributed by atoms with Crippen LogP contribution in [0.3, 0.4) is 0 Å². The monoisotopic (exact) mass is 768 g/mol. The molecule has 0 saturated heterocycles. The molecule has 0 saturated carbocycles. The number of hydrogen-bond acceptors (Lipinski definition) is 0. The van der Waals surface area contributed by atoms with Crippen LogP contribution in [0, 0.1) is 47.3 Å².